The minimum atomic E-state index is -3.61. The molecule has 4 rings (SSSR count). The van der Waals surface area contributed by atoms with Gasteiger partial charge in [0.1, 0.15) is 15.9 Å². The van der Waals surface area contributed by atoms with E-state index in [4.69, 9.17) is 4.52 Å². The van der Waals surface area contributed by atoms with Crippen molar-refractivity contribution >= 4 is 32.8 Å². The highest BCUT2D eigenvalue weighted by molar-refractivity contribution is 7.89. The van der Waals surface area contributed by atoms with Crippen molar-refractivity contribution in [3.63, 3.8) is 0 Å². The summed E-state index contributed by atoms with van der Waals surface area (Å²) in [6, 6.07) is 5.06. The van der Waals surface area contributed by atoms with Gasteiger partial charge >= 0.3 is 0 Å². The molecule has 132 valence electrons. The summed E-state index contributed by atoms with van der Waals surface area (Å²) >= 11 is 1.02. The summed E-state index contributed by atoms with van der Waals surface area (Å²) in [7, 11) is -3.61. The molecular weight excluding hydrogens is 362 g/mol. The Balaban J connectivity index is 1.61. The molecule has 0 bridgehead atoms. The van der Waals surface area contributed by atoms with E-state index >= 15 is 0 Å². The summed E-state index contributed by atoms with van der Waals surface area (Å²) < 4.78 is 41.0. The van der Waals surface area contributed by atoms with Gasteiger partial charge in [-0.3, -0.25) is 0 Å². The lowest BCUT2D eigenvalue weighted by Gasteiger charge is -2.36. The minimum absolute atomic E-state index is 0.220. The third-order valence-corrected chi connectivity index (χ3v) is 7.23. The van der Waals surface area contributed by atoms with Crippen molar-refractivity contribution in [2.75, 3.05) is 13.1 Å². The molecule has 0 saturated carbocycles. The standard InChI is InChI=1S/C15H17N5O3S2/c1-10-16-14(17-23-10)15(2)6-8-20(9-7-15)25(21,22)12-5-3-4-11-13(12)19-24-18-11/h3-5H,6-9H2,1-2H3. The Morgan fingerprint density at radius 2 is 2.00 bits per heavy atom. The van der Waals surface area contributed by atoms with Crippen LogP contribution < -0.4 is 0 Å². The van der Waals surface area contributed by atoms with Gasteiger partial charge in [-0.1, -0.05) is 18.1 Å². The number of hydrogen-bond donors (Lipinski definition) is 0. The Labute approximate surface area is 149 Å². The van der Waals surface area contributed by atoms with Crippen molar-refractivity contribution in [3.8, 4) is 0 Å². The number of piperidine rings is 1. The Morgan fingerprint density at radius 3 is 2.68 bits per heavy atom. The summed E-state index contributed by atoms with van der Waals surface area (Å²) in [5.41, 5.74) is 0.766. The van der Waals surface area contributed by atoms with Crippen LogP contribution in [0.5, 0.6) is 0 Å². The van der Waals surface area contributed by atoms with E-state index in [1.807, 2.05) is 6.92 Å². The first-order valence-corrected chi connectivity index (χ1v) is 10.1. The second-order valence-corrected chi connectivity index (χ2v) is 8.92. The second kappa shape index (κ2) is 5.82. The fourth-order valence-electron chi connectivity index (χ4n) is 3.12. The molecule has 0 atom stereocenters. The van der Waals surface area contributed by atoms with Gasteiger partial charge in [0.15, 0.2) is 5.82 Å². The molecule has 0 radical (unpaired) electrons. The van der Waals surface area contributed by atoms with Crippen LogP contribution in [0.15, 0.2) is 27.6 Å². The van der Waals surface area contributed by atoms with E-state index in [0.29, 0.717) is 48.7 Å². The maximum absolute atomic E-state index is 13.1. The molecule has 3 aromatic rings. The highest BCUT2D eigenvalue weighted by Crippen LogP contribution is 2.35. The third kappa shape index (κ3) is 2.74. The van der Waals surface area contributed by atoms with Crippen LogP contribution in [0.3, 0.4) is 0 Å². The Bertz CT molecular complexity index is 1020. The van der Waals surface area contributed by atoms with Gasteiger partial charge in [-0.15, -0.1) is 0 Å². The highest BCUT2D eigenvalue weighted by atomic mass is 32.2. The lowest BCUT2D eigenvalue weighted by Crippen LogP contribution is -2.44. The smallest absolute Gasteiger partial charge is 0.245 e. The number of benzene rings is 1. The predicted octanol–water partition coefficient (Wildman–Crippen LogP) is 2.13. The van der Waals surface area contributed by atoms with Crippen LogP contribution in [0.1, 0.15) is 31.5 Å². The van der Waals surface area contributed by atoms with E-state index in [1.165, 1.54) is 4.31 Å². The van der Waals surface area contributed by atoms with Crippen LogP contribution in [-0.4, -0.2) is 44.7 Å². The van der Waals surface area contributed by atoms with Gasteiger partial charge in [0.2, 0.25) is 15.9 Å². The van der Waals surface area contributed by atoms with Crippen LogP contribution >= 0.6 is 11.7 Å². The normalized spacial score (nSPS) is 18.6. The minimum Gasteiger partial charge on any atom is -0.340 e. The predicted molar refractivity (Wildman–Crippen MR) is 91.8 cm³/mol. The fraction of sp³-hybridized carbons (Fsp3) is 0.467. The van der Waals surface area contributed by atoms with Crippen LogP contribution in [-0.2, 0) is 15.4 Å². The maximum atomic E-state index is 13.1. The van der Waals surface area contributed by atoms with Gasteiger partial charge in [0.05, 0.1) is 11.7 Å². The first-order chi connectivity index (χ1) is 11.9. The van der Waals surface area contributed by atoms with Crippen LogP contribution in [0.2, 0.25) is 0 Å². The molecule has 0 aliphatic carbocycles. The van der Waals surface area contributed by atoms with Crippen molar-refractivity contribution in [2.45, 2.75) is 37.0 Å². The van der Waals surface area contributed by atoms with E-state index in [2.05, 4.69) is 18.9 Å². The van der Waals surface area contributed by atoms with Crippen LogP contribution in [0, 0.1) is 6.92 Å². The number of sulfonamides is 1. The van der Waals surface area contributed by atoms with E-state index < -0.39 is 10.0 Å². The Morgan fingerprint density at radius 1 is 1.24 bits per heavy atom. The van der Waals surface area contributed by atoms with Crippen molar-refractivity contribution in [1.29, 1.82) is 0 Å². The summed E-state index contributed by atoms with van der Waals surface area (Å²) in [6.07, 6.45) is 1.27. The largest absolute Gasteiger partial charge is 0.340 e. The molecule has 0 amide bonds. The maximum Gasteiger partial charge on any atom is 0.245 e. The summed E-state index contributed by atoms with van der Waals surface area (Å²) in [4.78, 5) is 4.54. The van der Waals surface area contributed by atoms with Crippen molar-refractivity contribution in [1.82, 2.24) is 23.2 Å². The zero-order chi connectivity index (χ0) is 17.7. The Hall–Kier alpha value is -1.91. The van der Waals surface area contributed by atoms with E-state index in [0.717, 1.165) is 11.7 Å². The van der Waals surface area contributed by atoms with Crippen LogP contribution in [0.25, 0.3) is 11.0 Å². The zero-order valence-electron chi connectivity index (χ0n) is 13.8. The van der Waals surface area contributed by atoms with Gasteiger partial charge in [-0.25, -0.2) is 8.42 Å². The number of fused-ring (bicyclic) bond motifs is 1. The van der Waals surface area contributed by atoms with Gasteiger partial charge in [-0.05, 0) is 25.0 Å². The van der Waals surface area contributed by atoms with Crippen molar-refractivity contribution < 1.29 is 12.9 Å². The summed E-state index contributed by atoms with van der Waals surface area (Å²) in [6.45, 7) is 4.61. The van der Waals surface area contributed by atoms with Gasteiger partial charge in [0.25, 0.3) is 0 Å². The topological polar surface area (TPSA) is 102 Å². The molecule has 1 aliphatic rings. The van der Waals surface area contributed by atoms with E-state index in [-0.39, 0.29) is 10.3 Å². The monoisotopic (exact) mass is 379 g/mol. The van der Waals surface area contributed by atoms with Gasteiger partial charge in [0, 0.05) is 25.4 Å². The zero-order valence-corrected chi connectivity index (χ0v) is 15.5. The fourth-order valence-corrected chi connectivity index (χ4v) is 5.31. The van der Waals surface area contributed by atoms with Gasteiger partial charge < -0.3 is 4.52 Å². The first kappa shape index (κ1) is 16.6. The number of aryl methyl sites for hydroxylation is 1. The van der Waals surface area contributed by atoms with Crippen molar-refractivity contribution in [3.05, 3.63) is 29.9 Å². The average Bonchev–Trinajstić information content (AvgIpc) is 3.23. The lowest BCUT2D eigenvalue weighted by atomic mass is 9.80. The molecular formula is C15H17N5O3S2. The molecule has 10 heteroatoms. The third-order valence-electron chi connectivity index (χ3n) is 4.76. The number of aromatic nitrogens is 4. The first-order valence-electron chi connectivity index (χ1n) is 7.92. The lowest BCUT2D eigenvalue weighted by molar-refractivity contribution is 0.234. The number of rotatable bonds is 3. The molecule has 0 N–H and O–H groups in total. The quantitative estimate of drug-likeness (QED) is 0.687. The molecule has 0 spiro atoms. The molecule has 8 nitrogen and oxygen atoms in total. The summed E-state index contributed by atoms with van der Waals surface area (Å²) in [5.74, 6) is 1.17. The summed E-state index contributed by atoms with van der Waals surface area (Å²) in [5, 5.41) is 4.02. The molecule has 1 saturated heterocycles. The molecule has 3 heterocycles. The van der Waals surface area contributed by atoms with E-state index in [1.54, 1.807) is 25.1 Å². The average molecular weight is 379 g/mol. The SMILES string of the molecule is Cc1nc(C2(C)CCN(S(=O)(=O)c3cccc4nsnc34)CC2)no1. The molecule has 1 fully saturated rings. The number of nitrogens with zero attached hydrogens (tertiary/aromatic N) is 5. The van der Waals surface area contributed by atoms with Crippen molar-refractivity contribution in [2.24, 2.45) is 0 Å². The Kier molecular flexibility index (Phi) is 3.85. The molecule has 1 aromatic carbocycles. The molecule has 2 aromatic heterocycles. The number of hydrogen-bond acceptors (Lipinski definition) is 8. The molecule has 0 unspecified atom stereocenters. The van der Waals surface area contributed by atoms with E-state index in [9.17, 15) is 8.42 Å². The molecule has 1 aliphatic heterocycles. The molecule has 25 heavy (non-hydrogen) atoms. The highest BCUT2D eigenvalue weighted by Gasteiger charge is 2.40. The van der Waals surface area contributed by atoms with Gasteiger partial charge in [-0.2, -0.15) is 18.0 Å². The second-order valence-electron chi connectivity index (χ2n) is 6.49. The van der Waals surface area contributed by atoms with Crippen LogP contribution in [0.4, 0.5) is 0 Å².